The summed E-state index contributed by atoms with van der Waals surface area (Å²) in [5.41, 5.74) is 5.23. The molecule has 8 heteroatoms. The van der Waals surface area contributed by atoms with Crippen LogP contribution in [0.5, 0.6) is 5.75 Å². The molecule has 0 bridgehead atoms. The minimum atomic E-state index is -0.188. The maximum atomic E-state index is 12.1. The van der Waals surface area contributed by atoms with Crippen LogP contribution in [-0.4, -0.2) is 22.9 Å². The highest BCUT2D eigenvalue weighted by Crippen LogP contribution is 2.29. The van der Waals surface area contributed by atoms with Crippen molar-refractivity contribution >= 4 is 57.0 Å². The minimum Gasteiger partial charge on any atom is -0.489 e. The highest BCUT2D eigenvalue weighted by Gasteiger charge is 2.07. The lowest BCUT2D eigenvalue weighted by molar-refractivity contribution is -0.118. The monoisotopic (exact) mass is 467 g/mol. The zero-order valence-corrected chi connectivity index (χ0v) is 18.7. The van der Waals surface area contributed by atoms with E-state index in [9.17, 15) is 4.79 Å². The molecule has 1 heterocycles. The van der Waals surface area contributed by atoms with Crippen LogP contribution in [0.3, 0.4) is 0 Å². The molecule has 0 aliphatic carbocycles. The Balaban J connectivity index is 1.26. The second-order valence-corrected chi connectivity index (χ2v) is 9.14. The molecule has 4 rings (SSSR count). The summed E-state index contributed by atoms with van der Waals surface area (Å²) in [6.45, 7) is 0.375. The molecule has 1 aromatic heterocycles. The molecule has 0 saturated heterocycles. The van der Waals surface area contributed by atoms with Crippen molar-refractivity contribution in [2.75, 3.05) is 5.75 Å². The van der Waals surface area contributed by atoms with Gasteiger partial charge >= 0.3 is 0 Å². The molecule has 0 atom stereocenters. The number of hydrogen-bond acceptors (Lipinski definition) is 6. The number of hydrogen-bond donors (Lipinski definition) is 1. The zero-order chi connectivity index (χ0) is 21.5. The van der Waals surface area contributed by atoms with Gasteiger partial charge < -0.3 is 4.74 Å². The number of thioether (sulfide) groups is 1. The van der Waals surface area contributed by atoms with Gasteiger partial charge in [0.25, 0.3) is 5.91 Å². The van der Waals surface area contributed by atoms with Gasteiger partial charge in [-0.25, -0.2) is 10.4 Å². The first-order valence-electron chi connectivity index (χ1n) is 9.44. The van der Waals surface area contributed by atoms with Crippen LogP contribution in [0.2, 0.25) is 5.02 Å². The Morgan fingerprint density at radius 1 is 1.13 bits per heavy atom. The van der Waals surface area contributed by atoms with E-state index < -0.39 is 0 Å². The molecule has 0 fully saturated rings. The van der Waals surface area contributed by atoms with Crippen molar-refractivity contribution in [3.05, 3.63) is 88.9 Å². The molecule has 5 nitrogen and oxygen atoms in total. The molecule has 0 radical (unpaired) electrons. The number of fused-ring (bicyclic) bond motifs is 1. The van der Waals surface area contributed by atoms with E-state index in [-0.39, 0.29) is 11.7 Å². The van der Waals surface area contributed by atoms with Crippen LogP contribution in [-0.2, 0) is 11.4 Å². The predicted octanol–water partition coefficient (Wildman–Crippen LogP) is 5.77. The van der Waals surface area contributed by atoms with Crippen molar-refractivity contribution in [2.45, 2.75) is 10.9 Å². The van der Waals surface area contributed by atoms with Gasteiger partial charge in [0.2, 0.25) is 0 Å². The average Bonchev–Trinajstić information content (AvgIpc) is 3.21. The van der Waals surface area contributed by atoms with Crippen LogP contribution in [0.1, 0.15) is 11.1 Å². The number of halogens is 1. The van der Waals surface area contributed by atoms with E-state index in [1.807, 2.05) is 72.8 Å². The molecule has 156 valence electrons. The van der Waals surface area contributed by atoms with Crippen LogP contribution in [0, 0.1) is 0 Å². The number of amides is 1. The van der Waals surface area contributed by atoms with Crippen LogP contribution < -0.4 is 10.2 Å². The highest BCUT2D eigenvalue weighted by atomic mass is 35.5. The lowest BCUT2D eigenvalue weighted by Gasteiger charge is -2.08. The average molecular weight is 468 g/mol. The molecule has 3 aromatic carbocycles. The summed E-state index contributed by atoms with van der Waals surface area (Å²) < 4.78 is 7.79. The van der Waals surface area contributed by atoms with Gasteiger partial charge in [0, 0.05) is 10.6 Å². The first-order valence-corrected chi connectivity index (χ1v) is 11.6. The second kappa shape index (κ2) is 10.4. The Morgan fingerprint density at radius 2 is 1.97 bits per heavy atom. The van der Waals surface area contributed by atoms with Crippen LogP contribution in [0.4, 0.5) is 0 Å². The molecule has 0 saturated carbocycles. The van der Waals surface area contributed by atoms with E-state index in [1.54, 1.807) is 17.6 Å². The van der Waals surface area contributed by atoms with Gasteiger partial charge in [0.15, 0.2) is 4.34 Å². The topological polar surface area (TPSA) is 63.6 Å². The van der Waals surface area contributed by atoms with Crippen molar-refractivity contribution in [1.29, 1.82) is 0 Å². The van der Waals surface area contributed by atoms with Crippen molar-refractivity contribution in [2.24, 2.45) is 5.10 Å². The van der Waals surface area contributed by atoms with Gasteiger partial charge in [-0.2, -0.15) is 5.10 Å². The fraction of sp³-hybridized carbons (Fsp3) is 0.0870. The number of carbonyl (C=O) groups is 1. The first kappa shape index (κ1) is 21.4. The van der Waals surface area contributed by atoms with Gasteiger partial charge in [-0.05, 0) is 35.9 Å². The summed E-state index contributed by atoms with van der Waals surface area (Å²) in [4.78, 5) is 16.6. The molecule has 0 spiro atoms. The number of benzene rings is 3. The van der Waals surface area contributed by atoms with Gasteiger partial charge in [-0.3, -0.25) is 4.79 Å². The van der Waals surface area contributed by atoms with Crippen molar-refractivity contribution < 1.29 is 9.53 Å². The van der Waals surface area contributed by atoms with Gasteiger partial charge in [0.05, 0.1) is 22.2 Å². The van der Waals surface area contributed by atoms with E-state index in [2.05, 4.69) is 15.5 Å². The van der Waals surface area contributed by atoms with Crippen LogP contribution in [0.25, 0.3) is 10.2 Å². The normalized spacial score (nSPS) is 11.1. The third-order valence-corrected chi connectivity index (χ3v) is 6.76. The highest BCUT2D eigenvalue weighted by molar-refractivity contribution is 8.01. The van der Waals surface area contributed by atoms with Gasteiger partial charge in [-0.1, -0.05) is 65.8 Å². The number of para-hydroxylation sites is 1. The number of aromatic nitrogens is 1. The summed E-state index contributed by atoms with van der Waals surface area (Å²) in [6.07, 6.45) is 1.59. The minimum absolute atomic E-state index is 0.188. The largest absolute Gasteiger partial charge is 0.489 e. The van der Waals surface area contributed by atoms with E-state index in [0.29, 0.717) is 17.4 Å². The third kappa shape index (κ3) is 6.07. The van der Waals surface area contributed by atoms with E-state index in [1.165, 1.54) is 11.8 Å². The fourth-order valence-electron chi connectivity index (χ4n) is 2.71. The van der Waals surface area contributed by atoms with Gasteiger partial charge in [-0.15, -0.1) is 11.3 Å². The van der Waals surface area contributed by atoms with Crippen LogP contribution >= 0.6 is 34.7 Å². The summed E-state index contributed by atoms with van der Waals surface area (Å²) in [6, 6.07) is 22.9. The molecule has 0 aliphatic rings. The van der Waals surface area contributed by atoms with Crippen LogP contribution in [0.15, 0.2) is 82.2 Å². The smallest absolute Gasteiger partial charge is 0.250 e. The molecule has 31 heavy (non-hydrogen) atoms. The summed E-state index contributed by atoms with van der Waals surface area (Å²) in [5, 5.41) is 4.71. The second-order valence-electron chi connectivity index (χ2n) is 6.48. The molecule has 0 unspecified atom stereocenters. The SMILES string of the molecule is O=C(CSc1nc2ccccc2s1)NN=Cc1cccc(OCc2ccccc2Cl)c1. The van der Waals surface area contributed by atoms with E-state index >= 15 is 0 Å². The van der Waals surface area contributed by atoms with Gasteiger partial charge in [0.1, 0.15) is 12.4 Å². The van der Waals surface area contributed by atoms with Crippen molar-refractivity contribution in [1.82, 2.24) is 10.4 Å². The Bertz CT molecular complexity index is 1190. The summed E-state index contributed by atoms with van der Waals surface area (Å²) >= 11 is 9.13. The lowest BCUT2D eigenvalue weighted by Crippen LogP contribution is -2.19. The zero-order valence-electron chi connectivity index (χ0n) is 16.3. The number of carbonyl (C=O) groups excluding carboxylic acids is 1. The first-order chi connectivity index (χ1) is 15.2. The maximum absolute atomic E-state index is 12.1. The molecule has 1 amide bonds. The number of hydrazone groups is 1. The number of thiazole rings is 1. The lowest BCUT2D eigenvalue weighted by atomic mass is 10.2. The molecular weight excluding hydrogens is 450 g/mol. The van der Waals surface area contributed by atoms with E-state index in [0.717, 1.165) is 25.7 Å². The van der Waals surface area contributed by atoms with E-state index in [4.69, 9.17) is 16.3 Å². The predicted molar refractivity (Wildman–Crippen MR) is 128 cm³/mol. The number of nitrogens with zero attached hydrogens (tertiary/aromatic N) is 2. The Kier molecular flexibility index (Phi) is 7.19. The Morgan fingerprint density at radius 3 is 2.84 bits per heavy atom. The number of ether oxygens (including phenoxy) is 1. The standard InChI is InChI=1S/C23H18ClN3O2S2/c24-19-9-2-1-7-17(19)14-29-18-8-5-6-16(12-18)13-25-27-22(28)15-30-23-26-20-10-3-4-11-21(20)31-23/h1-13H,14-15H2,(H,27,28). The maximum Gasteiger partial charge on any atom is 0.250 e. The Hall–Kier alpha value is -2.87. The van der Waals surface area contributed by atoms with Crippen molar-refractivity contribution in [3.63, 3.8) is 0 Å². The molecule has 1 N–H and O–H groups in total. The number of nitrogens with one attached hydrogen (secondary N) is 1. The number of rotatable bonds is 8. The molecule has 4 aromatic rings. The summed E-state index contributed by atoms with van der Waals surface area (Å²) in [7, 11) is 0. The summed E-state index contributed by atoms with van der Waals surface area (Å²) in [5.74, 6) is 0.756. The quantitative estimate of drug-likeness (QED) is 0.203. The molecule has 0 aliphatic heterocycles. The molecular formula is C23H18ClN3O2S2. The third-order valence-electron chi connectivity index (χ3n) is 4.21. The Labute approximate surface area is 193 Å². The fourth-order valence-corrected chi connectivity index (χ4v) is 4.76. The van der Waals surface area contributed by atoms with Crippen molar-refractivity contribution in [3.8, 4) is 5.75 Å².